The van der Waals surface area contributed by atoms with Gasteiger partial charge in [0.1, 0.15) is 90.6 Å². The van der Waals surface area contributed by atoms with Gasteiger partial charge in [-0.1, -0.05) is 13.8 Å². The summed E-state index contributed by atoms with van der Waals surface area (Å²) in [5.41, 5.74) is 56.2. The van der Waals surface area contributed by atoms with Crippen molar-refractivity contribution in [2.75, 3.05) is 98.2 Å². The third-order valence-corrected chi connectivity index (χ3v) is 26.5. The Hall–Kier alpha value is -15.1. The minimum absolute atomic E-state index is 0.000543. The Balaban J connectivity index is 1.20. The Kier molecular flexibility index (Phi) is 52.4. The topological polar surface area (TPSA) is 1000 Å². The lowest BCUT2D eigenvalue weighted by molar-refractivity contribution is -0.148. The first-order valence-electron chi connectivity index (χ1n) is 51.5. The Morgan fingerprint density at radius 1 is 0.253 bits per heavy atom. The molecule has 6 aliphatic rings. The van der Waals surface area contributed by atoms with Gasteiger partial charge in [0.25, 0.3) is 0 Å². The van der Waals surface area contributed by atoms with Crippen LogP contribution in [0, 0.1) is 54.6 Å². The van der Waals surface area contributed by atoms with E-state index >= 15 is 43.2 Å². The third-order valence-electron chi connectivity index (χ3n) is 26.5. The maximum absolute atomic E-state index is 15.4. The van der Waals surface area contributed by atoms with Crippen molar-refractivity contribution in [1.29, 1.82) is 48.7 Å². The zero-order valence-corrected chi connectivity index (χ0v) is 85.8. The molecule has 48 N–H and O–H groups in total. The molecule has 15 amide bonds. The number of nitrogens with two attached hydrogens (primary N) is 10. The fourth-order valence-corrected chi connectivity index (χ4v) is 19.1. The number of carbonyl (C=O) groups is 16. The number of carboxylic acids is 1. The number of rotatable bonds is 63. The standard InChI is InChI=1S/C90H163N43O17/c1-49(2)48-59(79(147)131-45-15-29-62(131)73(141)124-55(23-8-38-115-87(102)103)76(144)129-43-13-28-61(129)71(139)123-56(24-9-39-116-88(104)105)77(145)130-44-14-30-63(130)74(142)126-58(81(149)150)26-11-41-118-90(108)109)127-69(137)53(21-6-36-113-85(98)99)121-70(138)64-31-16-46-132(64)80(148)65-32-17-47-133(65)78(146)57(25-10-40-117-89(106)107)125-72(140)60-27-12-42-128(60)75(143)54(22-7-37-114-86(100)101)122-68(136)52(20-5-35-112-84(96)97)120-67(135)51(19-4-34-111-83(94)95)119-66(134)50(91)18-3-33-110-82(92)93/h49-65H,3-48,91H2,1-2H3,(H,119,134)(H,120,135)(H,121,138)(H,122,136)(H,123,139)(H,124,141)(H,125,140)(H,126,142)(H,127,137)(H,149,150)(H4,92,93,110)(H4,94,95,111)(H4,96,97,112)(H4,98,99,113)(H4,100,101,114)(H4,102,103,115)(H4,104,105,116)(H4,106,107,117)(H4,108,109,118)/t50-,51-,52-,53-,54-,55-,56-,57-,58-,59-,60-,61-,62-,63-,64-,65-/m0/s1. The second-order valence-electron chi connectivity index (χ2n) is 38.6. The average molecular weight is 2120 g/mol. The number of carboxylic acid groups (broad SMARTS) is 1. The lowest BCUT2D eigenvalue weighted by atomic mass is 10.0. The fraction of sp³-hybridized carbons (Fsp3) is 0.722. The van der Waals surface area contributed by atoms with Crippen LogP contribution in [0.3, 0.4) is 0 Å². The van der Waals surface area contributed by atoms with Gasteiger partial charge >= 0.3 is 5.97 Å². The highest BCUT2D eigenvalue weighted by molar-refractivity contribution is 6.02. The zero-order valence-electron chi connectivity index (χ0n) is 85.8. The molecule has 0 aromatic heterocycles. The summed E-state index contributed by atoms with van der Waals surface area (Å²) in [7, 11) is 0. The number of hydrogen-bond acceptors (Lipinski definition) is 26. The van der Waals surface area contributed by atoms with Crippen LogP contribution in [0.4, 0.5) is 0 Å². The molecule has 6 rings (SSSR count). The van der Waals surface area contributed by atoms with Crippen molar-refractivity contribution in [3.63, 3.8) is 0 Å². The minimum atomic E-state index is -1.45. The van der Waals surface area contributed by atoms with E-state index < -0.39 is 215 Å². The number of hydrogen-bond donors (Lipinski definition) is 38. The van der Waals surface area contributed by atoms with Gasteiger partial charge in [0, 0.05) is 98.2 Å². The predicted molar refractivity (Wildman–Crippen MR) is 553 cm³/mol. The Bertz CT molecular complexity index is 4710. The molecule has 840 valence electrons. The maximum Gasteiger partial charge on any atom is 0.326 e. The van der Waals surface area contributed by atoms with Gasteiger partial charge in [0.2, 0.25) is 88.6 Å². The molecule has 0 radical (unpaired) electrons. The van der Waals surface area contributed by atoms with Crippen LogP contribution in [0.2, 0.25) is 0 Å². The lowest BCUT2D eigenvalue weighted by Crippen LogP contribution is -2.60. The van der Waals surface area contributed by atoms with Gasteiger partial charge in [-0.05, 0) is 205 Å². The summed E-state index contributed by atoms with van der Waals surface area (Å²) in [6.07, 6.45) is 3.12. The van der Waals surface area contributed by atoms with Crippen molar-refractivity contribution >= 4 is 148 Å². The predicted octanol–water partition coefficient (Wildman–Crippen LogP) is -10.9. The van der Waals surface area contributed by atoms with Crippen LogP contribution in [0.5, 0.6) is 0 Å². The monoisotopic (exact) mass is 2120 g/mol. The quantitative estimate of drug-likeness (QED) is 0.0153. The summed E-state index contributed by atoms with van der Waals surface area (Å²) in [5, 5.41) is 128. The smallest absolute Gasteiger partial charge is 0.326 e. The number of aliphatic carboxylic acids is 1. The summed E-state index contributed by atoms with van der Waals surface area (Å²) in [5.74, 6) is -16.2. The van der Waals surface area contributed by atoms with Gasteiger partial charge in [-0.2, -0.15) is 0 Å². The lowest BCUT2D eigenvalue weighted by Gasteiger charge is -2.34. The molecule has 6 fully saturated rings. The largest absolute Gasteiger partial charge is 0.480 e. The van der Waals surface area contributed by atoms with E-state index in [1.165, 1.54) is 29.4 Å². The summed E-state index contributed by atoms with van der Waals surface area (Å²) in [4.78, 5) is 243. The van der Waals surface area contributed by atoms with Crippen molar-refractivity contribution in [2.24, 2.45) is 63.3 Å². The van der Waals surface area contributed by atoms with E-state index in [-0.39, 0.29) is 314 Å². The van der Waals surface area contributed by atoms with Crippen molar-refractivity contribution < 1.29 is 81.8 Å². The first-order valence-corrected chi connectivity index (χ1v) is 51.5. The molecular formula is C90H163N43O17. The molecule has 60 nitrogen and oxygen atoms in total. The molecule has 0 aromatic rings. The molecule has 6 saturated heterocycles. The zero-order chi connectivity index (χ0) is 111. The van der Waals surface area contributed by atoms with Crippen LogP contribution in [-0.2, 0) is 76.7 Å². The van der Waals surface area contributed by atoms with Gasteiger partial charge in [-0.3, -0.25) is 121 Å². The minimum Gasteiger partial charge on any atom is -0.480 e. The summed E-state index contributed by atoms with van der Waals surface area (Å²) < 4.78 is 0. The van der Waals surface area contributed by atoms with Crippen LogP contribution >= 0.6 is 0 Å². The van der Waals surface area contributed by atoms with Crippen molar-refractivity contribution in [1.82, 2.24) is 125 Å². The normalized spacial score (nSPS) is 19.1. The number of carbonyl (C=O) groups excluding carboxylic acids is 15. The molecule has 0 unspecified atom stereocenters. The van der Waals surface area contributed by atoms with Gasteiger partial charge in [0.15, 0.2) is 53.6 Å². The molecule has 6 aliphatic heterocycles. The van der Waals surface area contributed by atoms with Gasteiger partial charge < -0.3 is 188 Å². The van der Waals surface area contributed by atoms with Crippen LogP contribution in [0.1, 0.15) is 213 Å². The molecule has 150 heavy (non-hydrogen) atoms. The highest BCUT2D eigenvalue weighted by atomic mass is 16.4. The van der Waals surface area contributed by atoms with Crippen LogP contribution in [0.25, 0.3) is 0 Å². The number of nitrogens with zero attached hydrogens (tertiary/aromatic N) is 6. The Labute approximate surface area is 871 Å². The molecule has 16 atom stereocenters. The van der Waals surface area contributed by atoms with Crippen LogP contribution in [-0.4, -0.2) is 378 Å². The van der Waals surface area contributed by atoms with Gasteiger partial charge in [-0.15, -0.1) is 0 Å². The van der Waals surface area contributed by atoms with E-state index in [4.69, 9.17) is 106 Å². The summed E-state index contributed by atoms with van der Waals surface area (Å²) in [6, 6.07) is -20.9. The number of likely N-dealkylation sites (tertiary alicyclic amines) is 6. The molecule has 60 heteroatoms. The van der Waals surface area contributed by atoms with Gasteiger partial charge in [-0.25, -0.2) is 4.79 Å². The average Bonchev–Trinajstić information content (AvgIpc) is 1.64. The van der Waals surface area contributed by atoms with Crippen LogP contribution < -0.4 is 153 Å². The Morgan fingerprint density at radius 3 is 0.707 bits per heavy atom. The molecule has 0 bridgehead atoms. The maximum atomic E-state index is 15.4. The van der Waals surface area contributed by atoms with Crippen molar-refractivity contribution in [3.8, 4) is 0 Å². The highest BCUT2D eigenvalue weighted by Crippen LogP contribution is 2.31. The first kappa shape index (κ1) is 124. The second kappa shape index (κ2) is 63.6. The SMILES string of the molecule is CC(C)C[C@H](NC(=O)[C@H](CCCNC(=N)N)NC(=O)[C@@H]1CCCN1C(=O)[C@@H]1CCCN1C(=O)[C@H](CCCNC(=N)N)NC(=O)[C@@H]1CCCN1C(=O)[C@H](CCCNC(=N)N)NC(=O)[C@H](CCCNC(=N)N)NC(=O)[C@H](CCCNC(=N)N)NC(=O)[C@@H](N)CCCNC(=N)N)C(=O)N1CCC[C@H]1C(=O)N[C@@H](CCCNC(=N)N)C(=O)N1CCC[C@H]1C(=O)N[C@@H](CCCNC(=N)N)C(=O)N1CCC[C@H]1C(=O)N[C@@H](CCCNC(=N)N)C(=O)O. The molecule has 0 aromatic carbocycles. The number of guanidine groups is 9. The van der Waals surface area contributed by atoms with E-state index in [0.717, 1.165) is 0 Å². The molecule has 0 saturated carbocycles. The molecule has 6 heterocycles. The second-order valence-corrected chi connectivity index (χ2v) is 38.6. The summed E-state index contributed by atoms with van der Waals surface area (Å²) in [6.45, 7) is 4.45. The van der Waals surface area contributed by atoms with E-state index in [2.05, 4.69) is 95.7 Å². The van der Waals surface area contributed by atoms with E-state index in [1.54, 1.807) is 13.8 Å². The number of amides is 15. The van der Waals surface area contributed by atoms with E-state index in [9.17, 15) is 38.7 Å². The molecule has 0 aliphatic carbocycles. The number of nitrogens with one attached hydrogen (secondary N) is 27. The summed E-state index contributed by atoms with van der Waals surface area (Å²) >= 11 is 0. The Morgan fingerprint density at radius 2 is 0.440 bits per heavy atom. The third kappa shape index (κ3) is 41.6. The van der Waals surface area contributed by atoms with E-state index in [0.29, 0.717) is 19.3 Å². The molecular weight excluding hydrogens is 1960 g/mol. The fourth-order valence-electron chi connectivity index (χ4n) is 19.1. The van der Waals surface area contributed by atoms with Crippen molar-refractivity contribution in [2.45, 2.75) is 310 Å². The van der Waals surface area contributed by atoms with Gasteiger partial charge in [0.05, 0.1) is 6.04 Å². The van der Waals surface area contributed by atoms with E-state index in [1.807, 2.05) is 0 Å². The first-order chi connectivity index (χ1) is 71.2. The highest BCUT2D eigenvalue weighted by Gasteiger charge is 2.49. The molecule has 0 spiro atoms. The van der Waals surface area contributed by atoms with Crippen LogP contribution in [0.15, 0.2) is 0 Å². The van der Waals surface area contributed by atoms with Crippen molar-refractivity contribution in [3.05, 3.63) is 0 Å².